The molecule has 0 N–H and O–H groups in total. The molecule has 108 valence electrons. The number of hydrogen-bond acceptors (Lipinski definition) is 0. The van der Waals surface area contributed by atoms with Crippen LogP contribution in [0.15, 0.2) is 84.0 Å². The van der Waals surface area contributed by atoms with E-state index in [-0.39, 0.29) is 0 Å². The summed E-state index contributed by atoms with van der Waals surface area (Å²) in [5.74, 6) is 0. The van der Waals surface area contributed by atoms with Crippen LogP contribution in [0.5, 0.6) is 0 Å². The highest BCUT2D eigenvalue weighted by Gasteiger charge is 2.24. The molecule has 2 aliphatic carbocycles. The quantitative estimate of drug-likeness (QED) is 0.598. The van der Waals surface area contributed by atoms with E-state index in [4.69, 9.17) is 0 Å². The third-order valence-electron chi connectivity index (χ3n) is 4.91. The summed E-state index contributed by atoms with van der Waals surface area (Å²) in [6.07, 6.45) is 4.01. The zero-order valence-electron chi connectivity index (χ0n) is 12.9. The molecule has 0 saturated carbocycles. The lowest BCUT2D eigenvalue weighted by Gasteiger charge is -2.13. The molecule has 0 aliphatic heterocycles. The summed E-state index contributed by atoms with van der Waals surface area (Å²) in [6.45, 7) is 8.79. The first-order valence-corrected chi connectivity index (χ1v) is 7.94. The van der Waals surface area contributed by atoms with Crippen LogP contribution < -0.4 is 0 Å². The van der Waals surface area contributed by atoms with E-state index in [1.807, 2.05) is 0 Å². The van der Waals surface area contributed by atoms with Gasteiger partial charge < -0.3 is 0 Å². The number of rotatable bonds is 0. The van der Waals surface area contributed by atoms with Crippen molar-refractivity contribution in [1.82, 2.24) is 0 Å². The van der Waals surface area contributed by atoms with Crippen LogP contribution in [0.4, 0.5) is 0 Å². The summed E-state index contributed by atoms with van der Waals surface area (Å²) in [5, 5.41) is 0. The summed E-state index contributed by atoms with van der Waals surface area (Å²) in [7, 11) is 0. The summed E-state index contributed by atoms with van der Waals surface area (Å²) in [4.78, 5) is 0. The lowest BCUT2D eigenvalue weighted by molar-refractivity contribution is 1.08. The second-order valence-corrected chi connectivity index (χ2v) is 6.43. The molecule has 0 saturated heterocycles. The highest BCUT2D eigenvalue weighted by atomic mass is 14.3. The first kappa shape index (κ1) is 13.3. The zero-order chi connectivity index (χ0) is 15.1. The van der Waals surface area contributed by atoms with Crippen molar-refractivity contribution in [1.29, 1.82) is 0 Å². The number of fused-ring (bicyclic) bond motifs is 2. The van der Waals surface area contributed by atoms with Crippen LogP contribution in [0, 0.1) is 0 Å². The normalized spacial score (nSPS) is 17.3. The average molecular weight is 284 g/mol. The van der Waals surface area contributed by atoms with Crippen molar-refractivity contribution < 1.29 is 0 Å². The van der Waals surface area contributed by atoms with E-state index in [2.05, 4.69) is 61.7 Å². The van der Waals surface area contributed by atoms with E-state index in [0.29, 0.717) is 0 Å². The molecule has 2 aliphatic rings. The van der Waals surface area contributed by atoms with Gasteiger partial charge in [0.2, 0.25) is 0 Å². The second kappa shape index (κ2) is 5.14. The van der Waals surface area contributed by atoms with Crippen molar-refractivity contribution in [2.24, 2.45) is 0 Å². The Labute approximate surface area is 132 Å². The third-order valence-corrected chi connectivity index (χ3v) is 4.91. The van der Waals surface area contributed by atoms with Crippen molar-refractivity contribution in [2.45, 2.75) is 25.7 Å². The van der Waals surface area contributed by atoms with Crippen LogP contribution in [0.1, 0.15) is 22.3 Å². The predicted molar refractivity (Wildman–Crippen MR) is 93.0 cm³/mol. The van der Waals surface area contributed by atoms with Gasteiger partial charge in [-0.3, -0.25) is 0 Å². The molecule has 2 aromatic rings. The molecule has 0 aromatic heterocycles. The molecule has 0 bridgehead atoms. The van der Waals surface area contributed by atoms with Crippen LogP contribution in [-0.2, 0) is 25.7 Å². The Morgan fingerprint density at radius 1 is 0.545 bits per heavy atom. The molecule has 0 atom stereocenters. The maximum absolute atomic E-state index is 4.39. The van der Waals surface area contributed by atoms with Gasteiger partial charge in [-0.05, 0) is 64.7 Å². The topological polar surface area (TPSA) is 0 Å². The van der Waals surface area contributed by atoms with E-state index in [9.17, 15) is 0 Å². The number of allylic oxidation sites excluding steroid dienone is 4. The first-order valence-electron chi connectivity index (χ1n) is 7.94. The Balaban J connectivity index is 1.76. The monoisotopic (exact) mass is 284 g/mol. The lowest BCUT2D eigenvalue weighted by Crippen LogP contribution is -1.99. The Morgan fingerprint density at radius 3 is 1.32 bits per heavy atom. The second-order valence-electron chi connectivity index (χ2n) is 6.43. The molecule has 0 unspecified atom stereocenters. The molecule has 2 aromatic carbocycles. The summed E-state index contributed by atoms with van der Waals surface area (Å²) in [5.41, 5.74) is 11.1. The fourth-order valence-corrected chi connectivity index (χ4v) is 3.89. The summed E-state index contributed by atoms with van der Waals surface area (Å²) < 4.78 is 0. The van der Waals surface area contributed by atoms with Gasteiger partial charge in [-0.2, -0.15) is 0 Å². The Bertz CT molecular complexity index is 751. The van der Waals surface area contributed by atoms with E-state index >= 15 is 0 Å². The zero-order valence-corrected chi connectivity index (χ0v) is 12.9. The Hall–Kier alpha value is -2.34. The predicted octanol–water partition coefficient (Wildman–Crippen LogP) is 4.99. The molecule has 0 heterocycles. The third kappa shape index (κ3) is 2.16. The van der Waals surface area contributed by atoms with Gasteiger partial charge in [0.1, 0.15) is 0 Å². The van der Waals surface area contributed by atoms with Gasteiger partial charge >= 0.3 is 0 Å². The molecule has 0 fully saturated rings. The number of hydrogen-bond donors (Lipinski definition) is 0. The standard InChI is InChI=1S/C22H20/c1-15-11-17-7-3-4-8-18(17)12-16(2)22(15)21-13-19-9-5-6-10-20(19)14-21/h3-10H,1-2,11-14H2. The van der Waals surface area contributed by atoms with Crippen molar-refractivity contribution >= 4 is 0 Å². The average Bonchev–Trinajstić information content (AvgIpc) is 2.87. The minimum atomic E-state index is 0.949. The fourth-order valence-electron chi connectivity index (χ4n) is 3.89. The van der Waals surface area contributed by atoms with E-state index in [1.54, 1.807) is 0 Å². The van der Waals surface area contributed by atoms with Crippen molar-refractivity contribution in [3.8, 4) is 0 Å². The van der Waals surface area contributed by atoms with Gasteiger partial charge in [0.25, 0.3) is 0 Å². The molecule has 0 amide bonds. The van der Waals surface area contributed by atoms with Crippen LogP contribution in [0.25, 0.3) is 0 Å². The summed E-state index contributed by atoms with van der Waals surface area (Å²) in [6, 6.07) is 17.5. The van der Waals surface area contributed by atoms with E-state index < -0.39 is 0 Å². The van der Waals surface area contributed by atoms with Crippen LogP contribution >= 0.6 is 0 Å². The highest BCUT2D eigenvalue weighted by molar-refractivity contribution is 5.58. The highest BCUT2D eigenvalue weighted by Crippen LogP contribution is 2.37. The van der Waals surface area contributed by atoms with Gasteiger partial charge in [-0.25, -0.2) is 0 Å². The summed E-state index contributed by atoms with van der Waals surface area (Å²) >= 11 is 0. The molecular weight excluding hydrogens is 264 g/mol. The van der Waals surface area contributed by atoms with Crippen LogP contribution in [-0.4, -0.2) is 0 Å². The minimum absolute atomic E-state index is 0.949. The molecular formula is C22H20. The lowest BCUT2D eigenvalue weighted by atomic mass is 9.91. The molecule has 0 nitrogen and oxygen atoms in total. The van der Waals surface area contributed by atoms with Gasteiger partial charge in [-0.15, -0.1) is 0 Å². The SMILES string of the molecule is C=C1Cc2ccccc2CC(=C)C1=C1Cc2ccccc2C1. The van der Waals surface area contributed by atoms with E-state index in [1.165, 1.54) is 44.5 Å². The van der Waals surface area contributed by atoms with Crippen LogP contribution in [0.2, 0.25) is 0 Å². The molecule has 0 radical (unpaired) electrons. The van der Waals surface area contributed by atoms with Gasteiger partial charge in [0.15, 0.2) is 0 Å². The maximum Gasteiger partial charge on any atom is -0.00228 e. The largest absolute Gasteiger partial charge is 0.0949 e. The van der Waals surface area contributed by atoms with Crippen molar-refractivity contribution in [2.75, 3.05) is 0 Å². The molecule has 0 heteroatoms. The molecule has 0 spiro atoms. The number of benzene rings is 2. The first-order chi connectivity index (χ1) is 10.7. The Morgan fingerprint density at radius 2 is 0.909 bits per heavy atom. The molecule has 4 rings (SSSR count). The fraction of sp³-hybridized carbons (Fsp3) is 0.182. The van der Waals surface area contributed by atoms with Crippen molar-refractivity contribution in [3.05, 3.63) is 106 Å². The minimum Gasteiger partial charge on any atom is -0.0949 e. The molecule has 22 heavy (non-hydrogen) atoms. The van der Waals surface area contributed by atoms with Gasteiger partial charge in [0.05, 0.1) is 0 Å². The van der Waals surface area contributed by atoms with E-state index in [0.717, 1.165) is 25.7 Å². The maximum atomic E-state index is 4.39. The smallest absolute Gasteiger partial charge is 0.00228 e. The Kier molecular flexibility index (Phi) is 3.11. The van der Waals surface area contributed by atoms with Crippen molar-refractivity contribution in [3.63, 3.8) is 0 Å². The van der Waals surface area contributed by atoms with Gasteiger partial charge in [-0.1, -0.05) is 67.3 Å². The van der Waals surface area contributed by atoms with Crippen LogP contribution in [0.3, 0.4) is 0 Å². The van der Waals surface area contributed by atoms with Gasteiger partial charge in [0, 0.05) is 0 Å².